The molecule has 0 spiro atoms. The van der Waals surface area contributed by atoms with Crippen molar-refractivity contribution in [2.75, 3.05) is 29.9 Å². The molecule has 3 rings (SSSR count). The van der Waals surface area contributed by atoms with E-state index in [0.717, 1.165) is 37.3 Å². The Morgan fingerprint density at radius 3 is 2.96 bits per heavy atom. The van der Waals surface area contributed by atoms with E-state index in [-0.39, 0.29) is 5.91 Å². The predicted octanol–water partition coefficient (Wildman–Crippen LogP) is 3.25. The second-order valence-electron chi connectivity index (χ2n) is 7.16. The van der Waals surface area contributed by atoms with Gasteiger partial charge in [0.2, 0.25) is 5.91 Å². The molecule has 23 heavy (non-hydrogen) atoms. The van der Waals surface area contributed by atoms with Crippen LogP contribution >= 0.6 is 0 Å². The monoisotopic (exact) mass is 315 g/mol. The highest BCUT2D eigenvalue weighted by Gasteiger charge is 2.28. The van der Waals surface area contributed by atoms with E-state index in [1.165, 1.54) is 12.8 Å². The van der Waals surface area contributed by atoms with Crippen LogP contribution < -0.4 is 15.5 Å². The van der Waals surface area contributed by atoms with Crippen molar-refractivity contribution >= 4 is 17.3 Å². The van der Waals surface area contributed by atoms with Gasteiger partial charge >= 0.3 is 0 Å². The van der Waals surface area contributed by atoms with Gasteiger partial charge in [-0.25, -0.2) is 0 Å². The second-order valence-corrected chi connectivity index (χ2v) is 7.16. The van der Waals surface area contributed by atoms with Gasteiger partial charge in [-0.05, 0) is 36.8 Å². The molecule has 1 fully saturated rings. The Morgan fingerprint density at radius 2 is 2.09 bits per heavy atom. The quantitative estimate of drug-likeness (QED) is 0.900. The number of nitrogens with one attached hydrogen (secondary N) is 2. The zero-order valence-corrected chi connectivity index (χ0v) is 14.3. The predicted molar refractivity (Wildman–Crippen MR) is 95.9 cm³/mol. The van der Waals surface area contributed by atoms with E-state index in [4.69, 9.17) is 0 Å². The van der Waals surface area contributed by atoms with Gasteiger partial charge in [0.15, 0.2) is 0 Å². The molecular formula is C19H29N3O. The number of para-hydroxylation sites is 2. The minimum Gasteiger partial charge on any atom is -0.383 e. The molecule has 126 valence electrons. The van der Waals surface area contributed by atoms with Gasteiger partial charge < -0.3 is 15.5 Å². The molecule has 0 bridgehead atoms. The molecule has 3 unspecified atom stereocenters. The van der Waals surface area contributed by atoms with Crippen LogP contribution in [-0.2, 0) is 4.79 Å². The maximum absolute atomic E-state index is 12.6. The van der Waals surface area contributed by atoms with Crippen molar-refractivity contribution in [2.45, 2.75) is 45.6 Å². The van der Waals surface area contributed by atoms with E-state index in [1.54, 1.807) is 0 Å². The molecule has 1 aromatic carbocycles. The van der Waals surface area contributed by atoms with Crippen LogP contribution in [0.4, 0.5) is 11.4 Å². The van der Waals surface area contributed by atoms with Crippen molar-refractivity contribution in [3.8, 4) is 0 Å². The summed E-state index contributed by atoms with van der Waals surface area (Å²) < 4.78 is 0. The van der Waals surface area contributed by atoms with Crippen LogP contribution in [0.25, 0.3) is 0 Å². The minimum absolute atomic E-state index is 0.160. The molecule has 1 aliphatic heterocycles. The van der Waals surface area contributed by atoms with Crippen molar-refractivity contribution in [1.82, 2.24) is 5.32 Å². The van der Waals surface area contributed by atoms with Gasteiger partial charge in [0.1, 0.15) is 0 Å². The summed E-state index contributed by atoms with van der Waals surface area (Å²) in [6.07, 6.45) is 4.69. The lowest BCUT2D eigenvalue weighted by Gasteiger charge is -2.35. The summed E-state index contributed by atoms with van der Waals surface area (Å²) in [5.41, 5.74) is 2.28. The molecule has 0 saturated heterocycles. The number of carbonyl (C=O) groups is 1. The summed E-state index contributed by atoms with van der Waals surface area (Å²) in [5.74, 6) is 1.44. The summed E-state index contributed by atoms with van der Waals surface area (Å²) in [5, 5.41) is 6.75. The van der Waals surface area contributed by atoms with Crippen molar-refractivity contribution in [3.63, 3.8) is 0 Å². The highest BCUT2D eigenvalue weighted by atomic mass is 16.2. The van der Waals surface area contributed by atoms with Gasteiger partial charge in [0.25, 0.3) is 0 Å². The number of nitrogens with zero attached hydrogens (tertiary/aromatic N) is 1. The molecule has 0 radical (unpaired) electrons. The normalized spacial score (nSPS) is 27.6. The molecule has 4 nitrogen and oxygen atoms in total. The summed E-state index contributed by atoms with van der Waals surface area (Å²) in [6, 6.07) is 8.62. The molecule has 1 aliphatic carbocycles. The third kappa shape index (κ3) is 3.80. The number of anilines is 2. The SMILES string of the molecule is CC1CCCC(NC(=O)CN2CCCNc3ccccc32)C1C. The van der Waals surface area contributed by atoms with Gasteiger partial charge in [-0.2, -0.15) is 0 Å². The van der Waals surface area contributed by atoms with E-state index in [9.17, 15) is 4.79 Å². The fraction of sp³-hybridized carbons (Fsp3) is 0.632. The number of hydrogen-bond donors (Lipinski definition) is 2. The fourth-order valence-electron chi connectivity index (χ4n) is 3.89. The lowest BCUT2D eigenvalue weighted by Crippen LogP contribution is -2.47. The Balaban J connectivity index is 1.63. The number of rotatable bonds is 3. The van der Waals surface area contributed by atoms with E-state index in [1.807, 2.05) is 12.1 Å². The highest BCUT2D eigenvalue weighted by Crippen LogP contribution is 2.30. The molecule has 2 N–H and O–H groups in total. The van der Waals surface area contributed by atoms with E-state index in [0.29, 0.717) is 24.4 Å². The first-order chi connectivity index (χ1) is 11.1. The van der Waals surface area contributed by atoms with Crippen molar-refractivity contribution in [1.29, 1.82) is 0 Å². The average molecular weight is 315 g/mol. The minimum atomic E-state index is 0.160. The number of benzene rings is 1. The van der Waals surface area contributed by atoms with Gasteiger partial charge in [0.05, 0.1) is 17.9 Å². The smallest absolute Gasteiger partial charge is 0.239 e. The van der Waals surface area contributed by atoms with Gasteiger partial charge in [-0.15, -0.1) is 0 Å². The van der Waals surface area contributed by atoms with Crippen LogP contribution in [0.5, 0.6) is 0 Å². The van der Waals surface area contributed by atoms with Crippen LogP contribution in [0.2, 0.25) is 0 Å². The molecule has 1 saturated carbocycles. The Hall–Kier alpha value is -1.71. The lowest BCUT2D eigenvalue weighted by molar-refractivity contribution is -0.121. The molecule has 1 amide bonds. The van der Waals surface area contributed by atoms with E-state index < -0.39 is 0 Å². The molecule has 1 heterocycles. The molecule has 4 heteroatoms. The first kappa shape index (κ1) is 16.2. The zero-order valence-electron chi connectivity index (χ0n) is 14.3. The summed E-state index contributed by atoms with van der Waals surface area (Å²) in [4.78, 5) is 14.8. The third-order valence-corrected chi connectivity index (χ3v) is 5.55. The van der Waals surface area contributed by atoms with Crippen molar-refractivity contribution in [3.05, 3.63) is 24.3 Å². The number of carbonyl (C=O) groups excluding carboxylic acids is 1. The Labute approximate surface area is 139 Å². The number of hydrogen-bond acceptors (Lipinski definition) is 3. The van der Waals surface area contributed by atoms with Gasteiger partial charge in [-0.3, -0.25) is 4.79 Å². The van der Waals surface area contributed by atoms with Crippen LogP contribution in [0.1, 0.15) is 39.5 Å². The molecule has 3 atom stereocenters. The Bertz CT molecular complexity index is 545. The first-order valence-corrected chi connectivity index (χ1v) is 9.02. The summed E-state index contributed by atoms with van der Waals surface area (Å²) >= 11 is 0. The average Bonchev–Trinajstić information content (AvgIpc) is 2.75. The number of amides is 1. The first-order valence-electron chi connectivity index (χ1n) is 9.02. The lowest BCUT2D eigenvalue weighted by atomic mass is 9.78. The van der Waals surface area contributed by atoms with Crippen molar-refractivity contribution < 1.29 is 4.79 Å². The number of fused-ring (bicyclic) bond motifs is 1. The topological polar surface area (TPSA) is 44.4 Å². The summed E-state index contributed by atoms with van der Waals surface area (Å²) in [6.45, 7) is 6.93. The Morgan fingerprint density at radius 1 is 1.26 bits per heavy atom. The van der Waals surface area contributed by atoms with Crippen LogP contribution in [-0.4, -0.2) is 31.6 Å². The highest BCUT2D eigenvalue weighted by molar-refractivity contribution is 5.84. The summed E-state index contributed by atoms with van der Waals surface area (Å²) in [7, 11) is 0. The van der Waals surface area contributed by atoms with E-state index >= 15 is 0 Å². The molecule has 2 aliphatic rings. The second kappa shape index (κ2) is 7.24. The van der Waals surface area contributed by atoms with Crippen LogP contribution in [0.15, 0.2) is 24.3 Å². The fourth-order valence-corrected chi connectivity index (χ4v) is 3.89. The molecular weight excluding hydrogens is 286 g/mol. The maximum Gasteiger partial charge on any atom is 0.239 e. The van der Waals surface area contributed by atoms with E-state index in [2.05, 4.69) is 41.5 Å². The van der Waals surface area contributed by atoms with Crippen LogP contribution in [0.3, 0.4) is 0 Å². The molecule has 0 aromatic heterocycles. The maximum atomic E-state index is 12.6. The molecule has 1 aromatic rings. The van der Waals surface area contributed by atoms with Crippen molar-refractivity contribution in [2.24, 2.45) is 11.8 Å². The largest absolute Gasteiger partial charge is 0.383 e. The van der Waals surface area contributed by atoms with Gasteiger partial charge in [0, 0.05) is 19.1 Å². The standard InChI is InChI=1S/C19H29N3O/c1-14-7-5-9-16(15(14)2)21-19(23)13-22-12-6-11-20-17-8-3-4-10-18(17)22/h3-4,8,10,14-16,20H,5-7,9,11-13H2,1-2H3,(H,21,23). The van der Waals surface area contributed by atoms with Gasteiger partial charge in [-0.1, -0.05) is 38.8 Å². The Kier molecular flexibility index (Phi) is 5.09. The zero-order chi connectivity index (χ0) is 16.2. The van der Waals surface area contributed by atoms with Crippen LogP contribution in [0, 0.1) is 11.8 Å². The third-order valence-electron chi connectivity index (χ3n) is 5.55.